The molecule has 4 heteroatoms. The van der Waals surface area contributed by atoms with E-state index in [1.807, 2.05) is 36.1 Å². The standard InChI is InChI=1S/C13H19N3O/c1-10-3-2-4-11(9-10)12(14)13(17)16-7-5-15-6-8-16/h2-4,9,12,15H,5-8,14H2,1H3. The summed E-state index contributed by atoms with van der Waals surface area (Å²) in [6, 6.07) is 7.30. The van der Waals surface area contributed by atoms with Crippen molar-refractivity contribution in [3.63, 3.8) is 0 Å². The number of hydrogen-bond acceptors (Lipinski definition) is 3. The van der Waals surface area contributed by atoms with Gasteiger partial charge in [0.1, 0.15) is 6.04 Å². The molecule has 0 radical (unpaired) electrons. The number of aryl methyl sites for hydroxylation is 1. The minimum Gasteiger partial charge on any atom is -0.339 e. The van der Waals surface area contributed by atoms with Gasteiger partial charge < -0.3 is 16.0 Å². The van der Waals surface area contributed by atoms with Crippen molar-refractivity contribution < 1.29 is 4.79 Å². The number of nitrogens with two attached hydrogens (primary N) is 1. The molecule has 0 aliphatic carbocycles. The largest absolute Gasteiger partial charge is 0.339 e. The summed E-state index contributed by atoms with van der Waals surface area (Å²) >= 11 is 0. The molecular weight excluding hydrogens is 214 g/mol. The van der Waals surface area contributed by atoms with E-state index in [1.165, 1.54) is 0 Å². The number of hydrogen-bond donors (Lipinski definition) is 2. The van der Waals surface area contributed by atoms with E-state index in [2.05, 4.69) is 5.32 Å². The number of nitrogens with zero attached hydrogens (tertiary/aromatic N) is 1. The Hall–Kier alpha value is -1.39. The summed E-state index contributed by atoms with van der Waals surface area (Å²) in [6.07, 6.45) is 0. The zero-order chi connectivity index (χ0) is 12.3. The topological polar surface area (TPSA) is 58.4 Å². The van der Waals surface area contributed by atoms with Gasteiger partial charge in [0.2, 0.25) is 5.91 Å². The van der Waals surface area contributed by atoms with Crippen LogP contribution in [-0.4, -0.2) is 37.0 Å². The minimum atomic E-state index is -0.534. The molecule has 0 aromatic heterocycles. The Kier molecular flexibility index (Phi) is 3.76. The Morgan fingerprint density at radius 2 is 2.12 bits per heavy atom. The minimum absolute atomic E-state index is 0.0251. The molecule has 2 rings (SSSR count). The number of carbonyl (C=O) groups is 1. The summed E-state index contributed by atoms with van der Waals surface area (Å²) in [5.41, 5.74) is 8.05. The monoisotopic (exact) mass is 233 g/mol. The molecule has 0 spiro atoms. The predicted molar refractivity (Wildman–Crippen MR) is 67.6 cm³/mol. The lowest BCUT2D eigenvalue weighted by Gasteiger charge is -2.29. The zero-order valence-electron chi connectivity index (χ0n) is 10.1. The van der Waals surface area contributed by atoms with Crippen LogP contribution in [0.1, 0.15) is 17.2 Å². The summed E-state index contributed by atoms with van der Waals surface area (Å²) in [5.74, 6) is 0.0251. The van der Waals surface area contributed by atoms with Gasteiger partial charge in [-0.15, -0.1) is 0 Å². The smallest absolute Gasteiger partial charge is 0.244 e. The maximum atomic E-state index is 12.2. The molecule has 1 aromatic rings. The van der Waals surface area contributed by atoms with Crippen molar-refractivity contribution in [3.05, 3.63) is 35.4 Å². The van der Waals surface area contributed by atoms with Gasteiger partial charge in [-0.25, -0.2) is 0 Å². The normalized spacial score (nSPS) is 17.9. The molecule has 1 aliphatic heterocycles. The van der Waals surface area contributed by atoms with E-state index in [-0.39, 0.29) is 5.91 Å². The second kappa shape index (κ2) is 5.29. The fourth-order valence-corrected chi connectivity index (χ4v) is 2.09. The second-order valence-electron chi connectivity index (χ2n) is 4.47. The van der Waals surface area contributed by atoms with Crippen LogP contribution in [0.2, 0.25) is 0 Å². The first-order valence-electron chi connectivity index (χ1n) is 6.00. The van der Waals surface area contributed by atoms with E-state index in [0.717, 1.165) is 37.3 Å². The fourth-order valence-electron chi connectivity index (χ4n) is 2.09. The summed E-state index contributed by atoms with van der Waals surface area (Å²) in [7, 11) is 0. The Labute approximate surface area is 102 Å². The third-order valence-electron chi connectivity index (χ3n) is 3.10. The first-order valence-corrected chi connectivity index (χ1v) is 6.00. The first kappa shape index (κ1) is 12.1. The molecule has 1 heterocycles. The SMILES string of the molecule is Cc1cccc(C(N)C(=O)N2CCNCC2)c1. The van der Waals surface area contributed by atoms with E-state index >= 15 is 0 Å². The Morgan fingerprint density at radius 1 is 1.41 bits per heavy atom. The number of rotatable bonds is 2. The van der Waals surface area contributed by atoms with Crippen molar-refractivity contribution in [2.75, 3.05) is 26.2 Å². The molecule has 92 valence electrons. The van der Waals surface area contributed by atoms with Crippen LogP contribution in [-0.2, 0) is 4.79 Å². The van der Waals surface area contributed by atoms with Gasteiger partial charge in [-0.05, 0) is 12.5 Å². The number of nitrogens with one attached hydrogen (secondary N) is 1. The third kappa shape index (κ3) is 2.84. The quantitative estimate of drug-likeness (QED) is 0.778. The fraction of sp³-hybridized carbons (Fsp3) is 0.462. The van der Waals surface area contributed by atoms with Crippen molar-refractivity contribution in [1.82, 2.24) is 10.2 Å². The van der Waals surface area contributed by atoms with Crippen LogP contribution in [0.4, 0.5) is 0 Å². The van der Waals surface area contributed by atoms with Crippen molar-refractivity contribution in [2.45, 2.75) is 13.0 Å². The Bertz CT molecular complexity index is 399. The predicted octanol–water partition coefficient (Wildman–Crippen LogP) is 0.427. The first-order chi connectivity index (χ1) is 8.18. The van der Waals surface area contributed by atoms with Crippen molar-refractivity contribution in [3.8, 4) is 0 Å². The molecule has 0 bridgehead atoms. The van der Waals surface area contributed by atoms with Crippen LogP contribution in [0, 0.1) is 6.92 Å². The molecule has 1 saturated heterocycles. The highest BCUT2D eigenvalue weighted by Gasteiger charge is 2.23. The van der Waals surface area contributed by atoms with E-state index in [1.54, 1.807) is 0 Å². The summed E-state index contributed by atoms with van der Waals surface area (Å²) in [4.78, 5) is 14.0. The highest BCUT2D eigenvalue weighted by Crippen LogP contribution is 2.15. The van der Waals surface area contributed by atoms with Crippen molar-refractivity contribution >= 4 is 5.91 Å². The number of piperazine rings is 1. The summed E-state index contributed by atoms with van der Waals surface area (Å²) in [5, 5.41) is 3.22. The van der Waals surface area contributed by atoms with E-state index in [9.17, 15) is 4.79 Å². The molecule has 1 amide bonds. The highest BCUT2D eigenvalue weighted by atomic mass is 16.2. The molecule has 1 atom stereocenters. The van der Waals surface area contributed by atoms with Crippen LogP contribution < -0.4 is 11.1 Å². The van der Waals surface area contributed by atoms with Gasteiger partial charge in [-0.3, -0.25) is 4.79 Å². The number of benzene rings is 1. The van der Waals surface area contributed by atoms with Gasteiger partial charge in [-0.1, -0.05) is 29.8 Å². The highest BCUT2D eigenvalue weighted by molar-refractivity contribution is 5.83. The van der Waals surface area contributed by atoms with Gasteiger partial charge >= 0.3 is 0 Å². The van der Waals surface area contributed by atoms with Crippen LogP contribution in [0.15, 0.2) is 24.3 Å². The number of carbonyl (C=O) groups excluding carboxylic acids is 1. The Balaban J connectivity index is 2.08. The van der Waals surface area contributed by atoms with Gasteiger partial charge in [0, 0.05) is 26.2 Å². The summed E-state index contributed by atoms with van der Waals surface area (Å²) < 4.78 is 0. The molecule has 1 fully saturated rings. The van der Waals surface area contributed by atoms with Crippen LogP contribution in [0.25, 0.3) is 0 Å². The molecule has 1 unspecified atom stereocenters. The van der Waals surface area contributed by atoms with Gasteiger partial charge in [0.05, 0.1) is 0 Å². The van der Waals surface area contributed by atoms with E-state index in [0.29, 0.717) is 0 Å². The Morgan fingerprint density at radius 3 is 2.76 bits per heavy atom. The average Bonchev–Trinajstić information content (AvgIpc) is 2.38. The third-order valence-corrected chi connectivity index (χ3v) is 3.10. The molecule has 1 aromatic carbocycles. The van der Waals surface area contributed by atoms with Gasteiger partial charge in [0.25, 0.3) is 0 Å². The lowest BCUT2D eigenvalue weighted by atomic mass is 10.0. The lowest BCUT2D eigenvalue weighted by Crippen LogP contribution is -2.49. The van der Waals surface area contributed by atoms with E-state index in [4.69, 9.17) is 5.73 Å². The van der Waals surface area contributed by atoms with Crippen molar-refractivity contribution in [2.24, 2.45) is 5.73 Å². The average molecular weight is 233 g/mol. The van der Waals surface area contributed by atoms with E-state index < -0.39 is 6.04 Å². The van der Waals surface area contributed by atoms with Crippen LogP contribution >= 0.6 is 0 Å². The molecule has 1 aliphatic rings. The van der Waals surface area contributed by atoms with Gasteiger partial charge in [0.15, 0.2) is 0 Å². The maximum absolute atomic E-state index is 12.2. The second-order valence-corrected chi connectivity index (χ2v) is 4.47. The molecule has 4 nitrogen and oxygen atoms in total. The zero-order valence-corrected chi connectivity index (χ0v) is 10.1. The van der Waals surface area contributed by atoms with Crippen molar-refractivity contribution in [1.29, 1.82) is 0 Å². The van der Waals surface area contributed by atoms with Crippen LogP contribution in [0.5, 0.6) is 0 Å². The van der Waals surface area contributed by atoms with Crippen LogP contribution in [0.3, 0.4) is 0 Å². The maximum Gasteiger partial charge on any atom is 0.244 e. The molecule has 17 heavy (non-hydrogen) atoms. The summed E-state index contributed by atoms with van der Waals surface area (Å²) in [6.45, 7) is 5.21. The lowest BCUT2D eigenvalue weighted by molar-refractivity contribution is -0.133. The molecular formula is C13H19N3O. The molecule has 3 N–H and O–H groups in total. The van der Waals surface area contributed by atoms with Gasteiger partial charge in [-0.2, -0.15) is 0 Å². The molecule has 0 saturated carbocycles. The number of amides is 1.